The summed E-state index contributed by atoms with van der Waals surface area (Å²) < 4.78 is 36.9. The second-order valence-corrected chi connectivity index (χ2v) is 7.64. The van der Waals surface area contributed by atoms with E-state index in [0.29, 0.717) is 24.3 Å². The largest absolute Gasteiger partial charge is 0.313 e. The van der Waals surface area contributed by atoms with Crippen molar-refractivity contribution in [1.82, 2.24) is 5.32 Å². The molecule has 3 nitrogen and oxygen atoms in total. The minimum absolute atomic E-state index is 0.0627. The molecule has 2 rings (SSSR count). The topological polar surface area (TPSA) is 46.2 Å². The third kappa shape index (κ3) is 3.76. The van der Waals surface area contributed by atoms with Gasteiger partial charge in [-0.2, -0.15) is 0 Å². The molecule has 106 valence electrons. The van der Waals surface area contributed by atoms with Crippen molar-refractivity contribution in [2.45, 2.75) is 37.5 Å². The zero-order chi connectivity index (χ0) is 13.9. The maximum Gasteiger partial charge on any atom is 0.154 e. The van der Waals surface area contributed by atoms with Crippen molar-refractivity contribution in [2.24, 2.45) is 0 Å². The van der Waals surface area contributed by atoms with Gasteiger partial charge in [-0.1, -0.05) is 18.2 Å². The standard InChI is InChI=1S/C14H20FNO2S/c1-11(9-12-5-2-3-7-14(12)15)16-10-13-6-4-8-19(13,17)18/h2-3,5,7,11,13,16H,4,6,8-10H2,1H3/t11-,13-/m0/s1. The number of benzene rings is 1. The Kier molecular flexibility index (Phi) is 4.58. The first-order valence-electron chi connectivity index (χ1n) is 6.67. The number of nitrogens with one attached hydrogen (secondary N) is 1. The van der Waals surface area contributed by atoms with Crippen LogP contribution in [-0.2, 0) is 16.3 Å². The first-order chi connectivity index (χ1) is 8.99. The smallest absolute Gasteiger partial charge is 0.154 e. The molecule has 0 aliphatic carbocycles. The Morgan fingerprint density at radius 3 is 2.79 bits per heavy atom. The molecule has 0 amide bonds. The Morgan fingerprint density at radius 2 is 2.16 bits per heavy atom. The number of hydrogen-bond acceptors (Lipinski definition) is 3. The summed E-state index contributed by atoms with van der Waals surface area (Å²) in [5, 5.41) is 2.94. The van der Waals surface area contributed by atoms with Crippen molar-refractivity contribution in [3.8, 4) is 0 Å². The van der Waals surface area contributed by atoms with E-state index in [1.807, 2.05) is 13.0 Å². The van der Waals surface area contributed by atoms with Gasteiger partial charge in [0.05, 0.1) is 11.0 Å². The van der Waals surface area contributed by atoms with E-state index in [1.54, 1.807) is 12.1 Å². The SMILES string of the molecule is C[C@@H](Cc1ccccc1F)NC[C@@H]1CCCS1(=O)=O. The maximum absolute atomic E-state index is 13.5. The summed E-state index contributed by atoms with van der Waals surface area (Å²) >= 11 is 0. The molecule has 1 aliphatic rings. The molecule has 19 heavy (non-hydrogen) atoms. The van der Waals surface area contributed by atoms with Gasteiger partial charge in [-0.3, -0.25) is 0 Å². The maximum atomic E-state index is 13.5. The predicted molar refractivity (Wildman–Crippen MR) is 74.4 cm³/mol. The Bertz CT molecular complexity index is 530. The second-order valence-electron chi connectivity index (χ2n) is 5.24. The van der Waals surface area contributed by atoms with E-state index in [1.165, 1.54) is 6.07 Å². The summed E-state index contributed by atoms with van der Waals surface area (Å²) in [4.78, 5) is 0. The van der Waals surface area contributed by atoms with E-state index >= 15 is 0 Å². The third-order valence-electron chi connectivity index (χ3n) is 3.64. The van der Waals surface area contributed by atoms with Crippen LogP contribution in [0.25, 0.3) is 0 Å². The molecule has 0 unspecified atom stereocenters. The highest BCUT2D eigenvalue weighted by Crippen LogP contribution is 2.19. The van der Waals surface area contributed by atoms with Crippen LogP contribution in [-0.4, -0.2) is 32.0 Å². The highest BCUT2D eigenvalue weighted by atomic mass is 32.2. The molecule has 0 aromatic heterocycles. The molecule has 1 fully saturated rings. The molecule has 0 bridgehead atoms. The van der Waals surface area contributed by atoms with Gasteiger partial charge in [-0.15, -0.1) is 0 Å². The Hall–Kier alpha value is -0.940. The van der Waals surface area contributed by atoms with Gasteiger partial charge in [-0.05, 0) is 37.8 Å². The lowest BCUT2D eigenvalue weighted by atomic mass is 10.1. The van der Waals surface area contributed by atoms with E-state index in [0.717, 1.165) is 12.8 Å². The monoisotopic (exact) mass is 285 g/mol. The minimum atomic E-state index is -2.90. The van der Waals surface area contributed by atoms with E-state index in [4.69, 9.17) is 0 Å². The quantitative estimate of drug-likeness (QED) is 0.899. The van der Waals surface area contributed by atoms with Gasteiger partial charge >= 0.3 is 0 Å². The Balaban J connectivity index is 1.85. The molecule has 1 N–H and O–H groups in total. The van der Waals surface area contributed by atoms with E-state index in [-0.39, 0.29) is 17.1 Å². The van der Waals surface area contributed by atoms with Crippen LogP contribution in [0.15, 0.2) is 24.3 Å². The molecule has 1 aromatic carbocycles. The van der Waals surface area contributed by atoms with Crippen molar-refractivity contribution in [2.75, 3.05) is 12.3 Å². The van der Waals surface area contributed by atoms with Crippen LogP contribution in [0.5, 0.6) is 0 Å². The van der Waals surface area contributed by atoms with Crippen LogP contribution in [0.3, 0.4) is 0 Å². The van der Waals surface area contributed by atoms with Gasteiger partial charge < -0.3 is 5.32 Å². The average molecular weight is 285 g/mol. The number of rotatable bonds is 5. The van der Waals surface area contributed by atoms with E-state index in [9.17, 15) is 12.8 Å². The summed E-state index contributed by atoms with van der Waals surface area (Å²) in [5.41, 5.74) is 0.664. The summed E-state index contributed by atoms with van der Waals surface area (Å²) in [6, 6.07) is 6.76. The fourth-order valence-corrected chi connectivity index (χ4v) is 4.26. The number of hydrogen-bond donors (Lipinski definition) is 1. The molecule has 1 saturated heterocycles. The Labute approximate surface area is 114 Å². The molecule has 5 heteroatoms. The fraction of sp³-hybridized carbons (Fsp3) is 0.571. The van der Waals surface area contributed by atoms with Crippen LogP contribution in [0.4, 0.5) is 4.39 Å². The normalized spacial score (nSPS) is 23.4. The first kappa shape index (κ1) is 14.5. The summed E-state index contributed by atoms with van der Waals surface area (Å²) in [7, 11) is -2.90. The lowest BCUT2D eigenvalue weighted by Gasteiger charge is -2.17. The average Bonchev–Trinajstić information content (AvgIpc) is 2.69. The van der Waals surface area contributed by atoms with Crippen molar-refractivity contribution >= 4 is 9.84 Å². The molecule has 1 aromatic rings. The van der Waals surface area contributed by atoms with Crippen LogP contribution in [0.1, 0.15) is 25.3 Å². The lowest BCUT2D eigenvalue weighted by Crippen LogP contribution is -2.37. The minimum Gasteiger partial charge on any atom is -0.313 e. The van der Waals surface area contributed by atoms with Gasteiger partial charge in [0.1, 0.15) is 5.82 Å². The highest BCUT2D eigenvalue weighted by molar-refractivity contribution is 7.92. The lowest BCUT2D eigenvalue weighted by molar-refractivity contribution is 0.510. The predicted octanol–water partition coefficient (Wildman–Crippen LogP) is 1.92. The summed E-state index contributed by atoms with van der Waals surface area (Å²) in [6.45, 7) is 2.42. The Morgan fingerprint density at radius 1 is 1.42 bits per heavy atom. The highest BCUT2D eigenvalue weighted by Gasteiger charge is 2.30. The number of halogens is 1. The van der Waals surface area contributed by atoms with E-state index in [2.05, 4.69) is 5.32 Å². The molecular weight excluding hydrogens is 265 g/mol. The van der Waals surface area contributed by atoms with E-state index < -0.39 is 9.84 Å². The summed E-state index contributed by atoms with van der Waals surface area (Å²) in [6.07, 6.45) is 2.07. The molecule has 0 spiro atoms. The molecule has 1 aliphatic heterocycles. The molecule has 2 atom stereocenters. The van der Waals surface area contributed by atoms with Gasteiger partial charge in [-0.25, -0.2) is 12.8 Å². The van der Waals surface area contributed by atoms with Crippen LogP contribution < -0.4 is 5.32 Å². The van der Waals surface area contributed by atoms with Gasteiger partial charge in [0.15, 0.2) is 9.84 Å². The van der Waals surface area contributed by atoms with Gasteiger partial charge in [0.2, 0.25) is 0 Å². The van der Waals surface area contributed by atoms with Gasteiger partial charge in [0, 0.05) is 12.6 Å². The van der Waals surface area contributed by atoms with Gasteiger partial charge in [0.25, 0.3) is 0 Å². The van der Waals surface area contributed by atoms with Crippen molar-refractivity contribution in [3.63, 3.8) is 0 Å². The molecule has 0 saturated carbocycles. The van der Waals surface area contributed by atoms with Crippen LogP contribution in [0.2, 0.25) is 0 Å². The van der Waals surface area contributed by atoms with Crippen LogP contribution in [0, 0.1) is 5.82 Å². The summed E-state index contributed by atoms with van der Waals surface area (Å²) in [5.74, 6) is 0.103. The first-order valence-corrected chi connectivity index (χ1v) is 8.39. The van der Waals surface area contributed by atoms with Crippen molar-refractivity contribution < 1.29 is 12.8 Å². The third-order valence-corrected chi connectivity index (χ3v) is 5.92. The van der Waals surface area contributed by atoms with Crippen molar-refractivity contribution in [3.05, 3.63) is 35.6 Å². The zero-order valence-corrected chi connectivity index (χ0v) is 11.9. The fourth-order valence-electron chi connectivity index (χ4n) is 2.49. The second kappa shape index (κ2) is 6.01. The van der Waals surface area contributed by atoms with Crippen LogP contribution >= 0.6 is 0 Å². The zero-order valence-electron chi connectivity index (χ0n) is 11.1. The molecular formula is C14H20FNO2S. The number of sulfone groups is 1. The van der Waals surface area contributed by atoms with Crippen molar-refractivity contribution in [1.29, 1.82) is 0 Å². The molecule has 1 heterocycles. The molecule has 0 radical (unpaired) electrons.